The molecule has 4 nitrogen and oxygen atoms in total. The average molecular weight is 401 g/mol. The molecule has 2 aliphatic heterocycles. The number of amidine groups is 1. The Hall–Kier alpha value is -1.98. The lowest BCUT2D eigenvalue weighted by Gasteiger charge is -2.25. The van der Waals surface area contributed by atoms with Gasteiger partial charge in [-0.15, -0.1) is 0 Å². The Balaban J connectivity index is 1.60. The Kier molecular flexibility index (Phi) is 5.15. The number of amides is 1. The van der Waals surface area contributed by atoms with Gasteiger partial charge in [-0.3, -0.25) is 9.69 Å². The monoisotopic (exact) mass is 400 g/mol. The molecule has 1 saturated heterocycles. The number of ether oxygens (including phenoxy) is 1. The van der Waals surface area contributed by atoms with Gasteiger partial charge in [-0.05, 0) is 54.8 Å². The Morgan fingerprint density at radius 2 is 2.19 bits per heavy atom. The van der Waals surface area contributed by atoms with Gasteiger partial charge in [0.15, 0.2) is 11.3 Å². The number of rotatable bonds is 3. The van der Waals surface area contributed by atoms with Crippen LogP contribution < -0.4 is 4.74 Å². The molecule has 0 radical (unpaired) electrons. The van der Waals surface area contributed by atoms with E-state index >= 15 is 0 Å². The number of benzene rings is 2. The second-order valence-electron chi connectivity index (χ2n) is 6.88. The van der Waals surface area contributed by atoms with Crippen LogP contribution in [0.5, 0.6) is 5.75 Å². The predicted octanol–water partition coefficient (Wildman–Crippen LogP) is 4.99. The first kappa shape index (κ1) is 18.4. The van der Waals surface area contributed by atoms with Crippen LogP contribution in [0, 0.1) is 6.92 Å². The fourth-order valence-corrected chi connectivity index (χ4v) is 4.92. The molecule has 0 saturated carbocycles. The van der Waals surface area contributed by atoms with E-state index in [-0.39, 0.29) is 11.9 Å². The lowest BCUT2D eigenvalue weighted by atomic mass is 10.1. The van der Waals surface area contributed by atoms with Crippen molar-refractivity contribution in [1.29, 1.82) is 0 Å². The molecule has 1 amide bonds. The zero-order valence-corrected chi connectivity index (χ0v) is 16.9. The fourth-order valence-electron chi connectivity index (χ4n) is 3.45. The summed E-state index contributed by atoms with van der Waals surface area (Å²) >= 11 is 7.71. The second kappa shape index (κ2) is 7.56. The van der Waals surface area contributed by atoms with E-state index in [2.05, 4.69) is 6.92 Å². The highest BCUT2D eigenvalue weighted by atomic mass is 35.5. The maximum Gasteiger partial charge on any atom is 0.270 e. The molecule has 0 spiro atoms. The maximum atomic E-state index is 13.3. The minimum atomic E-state index is -0.520. The number of fused-ring (bicyclic) bond motifs is 1. The van der Waals surface area contributed by atoms with Gasteiger partial charge < -0.3 is 4.74 Å². The standard InChI is InChI=1S/C21H21ClN2O2S/c1-3-17-12-27-21(23-16-6-4-5-13(2)9-16)24(17)20(25)19-11-14-10-15(22)7-8-18(14)26-19/h4-10,17,19H,3,11-12H2,1-2H3. The highest BCUT2D eigenvalue weighted by Crippen LogP contribution is 2.35. The summed E-state index contributed by atoms with van der Waals surface area (Å²) in [6.07, 6.45) is 0.912. The fraction of sp³-hybridized carbons (Fsp3) is 0.333. The second-order valence-corrected chi connectivity index (χ2v) is 8.30. The zero-order chi connectivity index (χ0) is 19.0. The number of aryl methyl sites for hydroxylation is 1. The summed E-state index contributed by atoms with van der Waals surface area (Å²) in [6, 6.07) is 13.7. The molecule has 0 N–H and O–H groups in total. The van der Waals surface area contributed by atoms with Gasteiger partial charge in [0.05, 0.1) is 5.69 Å². The summed E-state index contributed by atoms with van der Waals surface area (Å²) in [5, 5.41) is 1.42. The van der Waals surface area contributed by atoms with E-state index < -0.39 is 6.10 Å². The predicted molar refractivity (Wildman–Crippen MR) is 111 cm³/mol. The molecule has 2 aromatic carbocycles. The van der Waals surface area contributed by atoms with E-state index in [1.165, 1.54) is 0 Å². The molecule has 1 fully saturated rings. The van der Waals surface area contributed by atoms with Crippen molar-refractivity contribution in [3.63, 3.8) is 0 Å². The summed E-state index contributed by atoms with van der Waals surface area (Å²) < 4.78 is 5.93. The molecular weight excluding hydrogens is 380 g/mol. The SMILES string of the molecule is CCC1CSC(=Nc2cccc(C)c2)N1C(=O)C1Cc2cc(Cl)ccc2O1. The van der Waals surface area contributed by atoms with E-state index in [1.807, 2.05) is 48.2 Å². The van der Waals surface area contributed by atoms with Crippen molar-refractivity contribution >= 4 is 40.1 Å². The number of nitrogens with zero attached hydrogens (tertiary/aromatic N) is 2. The van der Waals surface area contributed by atoms with Crippen molar-refractivity contribution in [1.82, 2.24) is 4.90 Å². The van der Waals surface area contributed by atoms with Gasteiger partial charge in [-0.25, -0.2) is 4.99 Å². The lowest BCUT2D eigenvalue weighted by Crippen LogP contribution is -2.46. The van der Waals surface area contributed by atoms with Gasteiger partial charge in [0.1, 0.15) is 5.75 Å². The topological polar surface area (TPSA) is 41.9 Å². The largest absolute Gasteiger partial charge is 0.480 e. The molecule has 4 rings (SSSR count). The number of carbonyl (C=O) groups is 1. The molecule has 2 unspecified atom stereocenters. The Labute approximate surface area is 168 Å². The van der Waals surface area contributed by atoms with Gasteiger partial charge >= 0.3 is 0 Å². The van der Waals surface area contributed by atoms with Crippen LogP contribution in [0.15, 0.2) is 47.5 Å². The number of halogens is 1. The van der Waals surface area contributed by atoms with E-state index in [4.69, 9.17) is 21.3 Å². The molecule has 6 heteroatoms. The first-order chi connectivity index (χ1) is 13.0. The minimum Gasteiger partial charge on any atom is -0.480 e. The van der Waals surface area contributed by atoms with Crippen molar-refractivity contribution in [2.24, 2.45) is 4.99 Å². The zero-order valence-electron chi connectivity index (χ0n) is 15.3. The van der Waals surface area contributed by atoms with Crippen LogP contribution in [0.2, 0.25) is 5.02 Å². The van der Waals surface area contributed by atoms with E-state index in [1.54, 1.807) is 17.8 Å². The molecule has 27 heavy (non-hydrogen) atoms. The summed E-state index contributed by atoms with van der Waals surface area (Å²) in [4.78, 5) is 19.9. The molecule has 0 aliphatic carbocycles. The van der Waals surface area contributed by atoms with Crippen LogP contribution in [0.3, 0.4) is 0 Å². The number of hydrogen-bond donors (Lipinski definition) is 0. The molecule has 2 aliphatic rings. The van der Waals surface area contributed by atoms with Crippen LogP contribution in [0.1, 0.15) is 24.5 Å². The van der Waals surface area contributed by atoms with Crippen molar-refractivity contribution in [3.8, 4) is 5.75 Å². The first-order valence-electron chi connectivity index (χ1n) is 9.11. The maximum absolute atomic E-state index is 13.3. The van der Waals surface area contributed by atoms with Crippen LogP contribution in [0.25, 0.3) is 0 Å². The van der Waals surface area contributed by atoms with Crippen molar-refractivity contribution in [2.45, 2.75) is 38.8 Å². The normalized spacial score (nSPS) is 22.8. The molecule has 2 atom stereocenters. The van der Waals surface area contributed by atoms with Crippen LogP contribution in [0.4, 0.5) is 5.69 Å². The smallest absolute Gasteiger partial charge is 0.270 e. The van der Waals surface area contributed by atoms with Gasteiger partial charge in [-0.1, -0.05) is 42.4 Å². The van der Waals surface area contributed by atoms with Gasteiger partial charge in [0, 0.05) is 23.2 Å². The lowest BCUT2D eigenvalue weighted by molar-refractivity contribution is -0.135. The van der Waals surface area contributed by atoms with E-state index in [9.17, 15) is 4.79 Å². The first-order valence-corrected chi connectivity index (χ1v) is 10.5. The molecule has 2 aromatic rings. The Morgan fingerprint density at radius 1 is 1.33 bits per heavy atom. The highest BCUT2D eigenvalue weighted by Gasteiger charge is 2.40. The molecule has 0 bridgehead atoms. The van der Waals surface area contributed by atoms with Crippen molar-refractivity contribution < 1.29 is 9.53 Å². The van der Waals surface area contributed by atoms with Crippen molar-refractivity contribution in [2.75, 3.05) is 5.75 Å². The van der Waals surface area contributed by atoms with Crippen LogP contribution >= 0.6 is 23.4 Å². The molecule has 140 valence electrons. The number of thioether (sulfide) groups is 1. The Morgan fingerprint density at radius 3 is 2.96 bits per heavy atom. The van der Waals surface area contributed by atoms with Crippen LogP contribution in [-0.4, -0.2) is 33.9 Å². The summed E-state index contributed by atoms with van der Waals surface area (Å²) in [5.74, 6) is 1.58. The Bertz CT molecular complexity index is 915. The molecule has 2 heterocycles. The summed E-state index contributed by atoms with van der Waals surface area (Å²) in [5.41, 5.74) is 3.00. The van der Waals surface area contributed by atoms with Gasteiger partial charge in [-0.2, -0.15) is 0 Å². The number of carbonyl (C=O) groups excluding carboxylic acids is 1. The summed E-state index contributed by atoms with van der Waals surface area (Å²) in [6.45, 7) is 4.14. The van der Waals surface area contributed by atoms with Crippen LogP contribution in [-0.2, 0) is 11.2 Å². The molecule has 0 aromatic heterocycles. The quantitative estimate of drug-likeness (QED) is 0.728. The summed E-state index contributed by atoms with van der Waals surface area (Å²) in [7, 11) is 0. The third kappa shape index (κ3) is 3.71. The van der Waals surface area contributed by atoms with Crippen molar-refractivity contribution in [3.05, 3.63) is 58.6 Å². The third-order valence-electron chi connectivity index (χ3n) is 4.88. The number of aliphatic imine (C=N–C) groups is 1. The average Bonchev–Trinajstić information content (AvgIpc) is 3.24. The van der Waals surface area contributed by atoms with Gasteiger partial charge in [0.2, 0.25) is 0 Å². The van der Waals surface area contributed by atoms with Gasteiger partial charge in [0.25, 0.3) is 5.91 Å². The number of hydrogen-bond acceptors (Lipinski definition) is 4. The van der Waals surface area contributed by atoms with E-state index in [0.29, 0.717) is 11.4 Å². The molecular formula is C21H21ClN2O2S. The third-order valence-corrected chi connectivity index (χ3v) is 6.22. The minimum absolute atomic E-state index is 0.0226. The van der Waals surface area contributed by atoms with E-state index in [0.717, 1.165) is 39.9 Å². The highest BCUT2D eigenvalue weighted by molar-refractivity contribution is 8.14.